The van der Waals surface area contributed by atoms with Gasteiger partial charge in [0.05, 0.1) is 44.3 Å². The fraction of sp³-hybridized carbons (Fsp3) is 0.286. The molecule has 0 fully saturated rings. The molecule has 0 unspecified atom stereocenters. The van der Waals surface area contributed by atoms with Crippen molar-refractivity contribution in [3.63, 3.8) is 0 Å². The van der Waals surface area contributed by atoms with Crippen LogP contribution in [0.4, 0.5) is 5.69 Å². The van der Waals surface area contributed by atoms with Crippen molar-refractivity contribution in [1.29, 1.82) is 5.26 Å². The zero-order chi connectivity index (χ0) is 21.4. The minimum Gasteiger partial charge on any atom is -0.490 e. The van der Waals surface area contributed by atoms with Crippen LogP contribution in [0, 0.1) is 11.3 Å². The van der Waals surface area contributed by atoms with E-state index in [1.807, 2.05) is 13.8 Å². The molecule has 0 N–H and O–H groups in total. The number of rotatable bonds is 7. The van der Waals surface area contributed by atoms with Gasteiger partial charge in [0.25, 0.3) is 0 Å². The average Bonchev–Trinajstić information content (AvgIpc) is 2.96. The maximum absolute atomic E-state index is 12.6. The highest BCUT2D eigenvalue weighted by Crippen LogP contribution is 2.38. The van der Waals surface area contributed by atoms with Crippen molar-refractivity contribution >= 4 is 17.6 Å². The molecule has 1 aromatic rings. The van der Waals surface area contributed by atoms with Crippen LogP contribution >= 0.6 is 0 Å². The summed E-state index contributed by atoms with van der Waals surface area (Å²) < 4.78 is 20.9. The van der Waals surface area contributed by atoms with E-state index in [1.54, 1.807) is 24.4 Å². The molecule has 0 bridgehead atoms. The summed E-state index contributed by atoms with van der Waals surface area (Å²) in [4.78, 5) is 26.3. The van der Waals surface area contributed by atoms with Crippen molar-refractivity contribution in [3.05, 3.63) is 53.4 Å². The lowest BCUT2D eigenvalue weighted by atomic mass is 10.1. The number of carbonyl (C=O) groups is 2. The lowest BCUT2D eigenvalue weighted by Crippen LogP contribution is -2.27. The average molecular weight is 398 g/mol. The van der Waals surface area contributed by atoms with Crippen molar-refractivity contribution in [2.75, 3.05) is 32.3 Å². The molecular weight excluding hydrogens is 376 g/mol. The maximum atomic E-state index is 12.6. The Morgan fingerprint density at radius 3 is 2.17 bits per heavy atom. The lowest BCUT2D eigenvalue weighted by molar-refractivity contribution is -0.139. The largest absolute Gasteiger partial charge is 0.490 e. The molecule has 0 aromatic heterocycles. The van der Waals surface area contributed by atoms with Crippen LogP contribution in [0.1, 0.15) is 19.4 Å². The van der Waals surface area contributed by atoms with E-state index < -0.39 is 11.9 Å². The van der Waals surface area contributed by atoms with Crippen LogP contribution in [-0.2, 0) is 19.1 Å². The normalized spacial score (nSPS) is 12.9. The molecule has 1 aliphatic heterocycles. The molecule has 0 saturated carbocycles. The number of esters is 2. The fourth-order valence-corrected chi connectivity index (χ4v) is 2.73. The van der Waals surface area contributed by atoms with Gasteiger partial charge < -0.3 is 23.8 Å². The number of methoxy groups -OCH3 is 2. The quantitative estimate of drug-likeness (QED) is 0.647. The molecule has 0 saturated heterocycles. The van der Waals surface area contributed by atoms with Gasteiger partial charge in [0.15, 0.2) is 11.5 Å². The smallest absolute Gasteiger partial charge is 0.355 e. The fourth-order valence-electron chi connectivity index (χ4n) is 2.73. The highest BCUT2D eigenvalue weighted by molar-refractivity contribution is 6.05. The maximum Gasteiger partial charge on any atom is 0.355 e. The Morgan fingerprint density at radius 1 is 1.00 bits per heavy atom. The van der Waals surface area contributed by atoms with Crippen LogP contribution in [0.2, 0.25) is 0 Å². The number of allylic oxidation sites excluding steroid dienone is 2. The van der Waals surface area contributed by atoms with Crippen LogP contribution in [0.3, 0.4) is 0 Å². The van der Waals surface area contributed by atoms with Gasteiger partial charge in [0, 0.05) is 18.3 Å². The summed E-state index contributed by atoms with van der Waals surface area (Å²) in [6.07, 6.45) is 6.19. The third-order valence-corrected chi connectivity index (χ3v) is 3.93. The first-order valence-electron chi connectivity index (χ1n) is 8.91. The standard InChI is InChI=1S/C21H22N2O6/c1-5-28-17-11-14(13-22)16(12-18(17)29-6-2)23-10-8-7-9-15(20(24)26-3)19(23)21(25)27-4/h7-12H,5-6H2,1-4H3. The molecule has 8 heteroatoms. The van der Waals surface area contributed by atoms with Crippen LogP contribution in [0.5, 0.6) is 11.5 Å². The van der Waals surface area contributed by atoms with Gasteiger partial charge in [0.1, 0.15) is 11.8 Å². The van der Waals surface area contributed by atoms with Gasteiger partial charge in [-0.25, -0.2) is 9.59 Å². The first-order valence-corrected chi connectivity index (χ1v) is 8.91. The molecule has 1 aliphatic rings. The van der Waals surface area contributed by atoms with Gasteiger partial charge >= 0.3 is 11.9 Å². The lowest BCUT2D eigenvalue weighted by Gasteiger charge is -2.25. The van der Waals surface area contributed by atoms with Crippen molar-refractivity contribution in [3.8, 4) is 17.6 Å². The number of carbonyl (C=O) groups excluding carboxylic acids is 2. The first kappa shape index (κ1) is 21.6. The number of nitriles is 1. The van der Waals surface area contributed by atoms with E-state index in [1.165, 1.54) is 31.3 Å². The number of benzene rings is 1. The van der Waals surface area contributed by atoms with E-state index in [0.29, 0.717) is 30.4 Å². The van der Waals surface area contributed by atoms with E-state index in [-0.39, 0.29) is 16.8 Å². The van der Waals surface area contributed by atoms with Crippen molar-refractivity contribution in [2.24, 2.45) is 0 Å². The van der Waals surface area contributed by atoms with Crippen LogP contribution in [0.15, 0.2) is 47.8 Å². The highest BCUT2D eigenvalue weighted by atomic mass is 16.5. The summed E-state index contributed by atoms with van der Waals surface area (Å²) in [7, 11) is 2.42. The van der Waals surface area contributed by atoms with Gasteiger partial charge in [-0.2, -0.15) is 5.26 Å². The summed E-state index contributed by atoms with van der Waals surface area (Å²) in [6, 6.07) is 5.21. The summed E-state index contributed by atoms with van der Waals surface area (Å²) >= 11 is 0. The molecular formula is C21H22N2O6. The van der Waals surface area contributed by atoms with Crippen molar-refractivity contribution in [2.45, 2.75) is 13.8 Å². The van der Waals surface area contributed by atoms with E-state index in [4.69, 9.17) is 18.9 Å². The minimum absolute atomic E-state index is 0.0138. The molecule has 152 valence electrons. The minimum atomic E-state index is -0.766. The number of hydrogen-bond acceptors (Lipinski definition) is 8. The second kappa shape index (κ2) is 9.99. The Morgan fingerprint density at radius 2 is 1.62 bits per heavy atom. The molecule has 0 spiro atoms. The van der Waals surface area contributed by atoms with Gasteiger partial charge in [-0.15, -0.1) is 0 Å². The summed E-state index contributed by atoms with van der Waals surface area (Å²) in [5.74, 6) is -0.677. The highest BCUT2D eigenvalue weighted by Gasteiger charge is 2.29. The molecule has 1 heterocycles. The predicted octanol–water partition coefficient (Wildman–Crippen LogP) is 2.85. The molecule has 0 radical (unpaired) electrons. The summed E-state index contributed by atoms with van der Waals surface area (Å²) in [5.41, 5.74) is 0.433. The van der Waals surface area contributed by atoms with Gasteiger partial charge in [-0.3, -0.25) is 0 Å². The Bertz CT molecular complexity index is 924. The molecule has 0 amide bonds. The Labute approximate surface area is 169 Å². The van der Waals surface area contributed by atoms with Crippen LogP contribution < -0.4 is 14.4 Å². The topological polar surface area (TPSA) is 98.1 Å². The number of hydrogen-bond donors (Lipinski definition) is 0. The monoisotopic (exact) mass is 398 g/mol. The van der Waals surface area contributed by atoms with E-state index in [0.717, 1.165) is 0 Å². The van der Waals surface area contributed by atoms with Gasteiger partial charge in [-0.05, 0) is 26.0 Å². The summed E-state index contributed by atoms with van der Waals surface area (Å²) in [5, 5.41) is 9.70. The van der Waals surface area contributed by atoms with Crippen LogP contribution in [-0.4, -0.2) is 39.4 Å². The van der Waals surface area contributed by atoms with Crippen molar-refractivity contribution < 1.29 is 28.5 Å². The molecule has 8 nitrogen and oxygen atoms in total. The first-order chi connectivity index (χ1) is 14.0. The number of nitrogens with zero attached hydrogens (tertiary/aromatic N) is 2. The summed E-state index contributed by atoms with van der Waals surface area (Å²) in [6.45, 7) is 4.39. The zero-order valence-electron chi connectivity index (χ0n) is 16.7. The Hall–Kier alpha value is -3.73. The van der Waals surface area contributed by atoms with Gasteiger partial charge in [0.2, 0.25) is 0 Å². The van der Waals surface area contributed by atoms with E-state index in [2.05, 4.69) is 6.07 Å². The molecule has 2 rings (SSSR count). The predicted molar refractivity (Wildman–Crippen MR) is 105 cm³/mol. The zero-order valence-corrected chi connectivity index (χ0v) is 16.7. The SMILES string of the molecule is CCOc1cc(C#N)c(N2C=CC=CC(C(=O)OC)=C2C(=O)OC)cc1OCC. The van der Waals surface area contributed by atoms with Gasteiger partial charge in [-0.1, -0.05) is 6.08 Å². The van der Waals surface area contributed by atoms with Crippen LogP contribution in [0.25, 0.3) is 0 Å². The molecule has 0 aliphatic carbocycles. The third-order valence-electron chi connectivity index (χ3n) is 3.93. The second-order valence-electron chi connectivity index (χ2n) is 5.61. The third kappa shape index (κ3) is 4.58. The second-order valence-corrected chi connectivity index (χ2v) is 5.61. The van der Waals surface area contributed by atoms with E-state index >= 15 is 0 Å². The number of ether oxygens (including phenoxy) is 4. The van der Waals surface area contributed by atoms with Crippen molar-refractivity contribution in [1.82, 2.24) is 0 Å². The molecule has 0 atom stereocenters. The Balaban J connectivity index is 2.78. The Kier molecular flexibility index (Phi) is 7.43. The molecule has 1 aromatic carbocycles. The van der Waals surface area contributed by atoms with E-state index in [9.17, 15) is 14.9 Å². The number of anilines is 1. The molecule has 29 heavy (non-hydrogen) atoms.